The molecule has 0 radical (unpaired) electrons. The van der Waals surface area contributed by atoms with Gasteiger partial charge in [0.1, 0.15) is 12.7 Å². The first-order valence-corrected chi connectivity index (χ1v) is 8.15. The number of amides is 2. The molecule has 1 aromatic carbocycles. The summed E-state index contributed by atoms with van der Waals surface area (Å²) in [6, 6.07) is 7.39. The van der Waals surface area contributed by atoms with Crippen LogP contribution in [-0.2, 0) is 14.3 Å². The molecule has 0 aromatic heterocycles. The van der Waals surface area contributed by atoms with Crippen LogP contribution in [0.15, 0.2) is 24.3 Å². The maximum Gasteiger partial charge on any atom is 0.414 e. The summed E-state index contributed by atoms with van der Waals surface area (Å²) in [5.74, 6) is -0.0411. The minimum Gasteiger partial charge on any atom is -0.444 e. The quantitative estimate of drug-likeness (QED) is 0.859. The van der Waals surface area contributed by atoms with Crippen LogP contribution in [0.3, 0.4) is 0 Å². The van der Waals surface area contributed by atoms with Crippen LogP contribution in [0.4, 0.5) is 16.2 Å². The van der Waals surface area contributed by atoms with E-state index in [1.54, 1.807) is 9.80 Å². The molecule has 0 spiro atoms. The molecule has 6 heteroatoms. The number of anilines is 2. The molecule has 0 saturated carbocycles. The van der Waals surface area contributed by atoms with Gasteiger partial charge in [0.25, 0.3) is 5.91 Å². The van der Waals surface area contributed by atoms with Crippen molar-refractivity contribution in [1.82, 2.24) is 0 Å². The lowest BCUT2D eigenvalue weighted by Crippen LogP contribution is -2.41. The fourth-order valence-electron chi connectivity index (χ4n) is 2.55. The standard InChI is InChI=1S/C15H18N2O4.C2H6/c1-2-13-9-17(15(19)21-13)12-5-3-11(4-6-12)16-7-8-20-10-14(16)18;1-2/h3-6,13H,2,7-10H2,1H3;1-2H3. The lowest BCUT2D eigenvalue weighted by Gasteiger charge is -2.27. The zero-order valence-corrected chi connectivity index (χ0v) is 13.9. The first kappa shape index (κ1) is 17.3. The van der Waals surface area contributed by atoms with Gasteiger partial charge in [0.2, 0.25) is 0 Å². The highest BCUT2D eigenvalue weighted by atomic mass is 16.6. The summed E-state index contributed by atoms with van der Waals surface area (Å²) >= 11 is 0. The number of carbonyl (C=O) groups excluding carboxylic acids is 2. The fourth-order valence-corrected chi connectivity index (χ4v) is 2.55. The Morgan fingerprint density at radius 3 is 2.22 bits per heavy atom. The molecule has 2 aliphatic heterocycles. The van der Waals surface area contributed by atoms with Crippen LogP contribution in [0, 0.1) is 0 Å². The first-order chi connectivity index (χ1) is 11.2. The van der Waals surface area contributed by atoms with E-state index in [9.17, 15) is 9.59 Å². The lowest BCUT2D eigenvalue weighted by molar-refractivity contribution is -0.125. The Morgan fingerprint density at radius 1 is 1.09 bits per heavy atom. The van der Waals surface area contributed by atoms with Gasteiger partial charge in [0.15, 0.2) is 0 Å². The summed E-state index contributed by atoms with van der Waals surface area (Å²) in [6.07, 6.45) is 0.456. The number of benzene rings is 1. The molecule has 6 nitrogen and oxygen atoms in total. The summed E-state index contributed by atoms with van der Waals surface area (Å²) < 4.78 is 10.4. The molecule has 0 bridgehead atoms. The van der Waals surface area contributed by atoms with E-state index >= 15 is 0 Å². The Hall–Kier alpha value is -2.08. The van der Waals surface area contributed by atoms with Gasteiger partial charge in [-0.2, -0.15) is 0 Å². The van der Waals surface area contributed by atoms with Gasteiger partial charge in [-0.15, -0.1) is 0 Å². The van der Waals surface area contributed by atoms with Crippen LogP contribution in [-0.4, -0.2) is 44.4 Å². The SMILES string of the molecule is CC.CCC1CN(c2ccc(N3CCOCC3=O)cc2)C(=O)O1. The van der Waals surface area contributed by atoms with Crippen LogP contribution in [0.25, 0.3) is 0 Å². The number of rotatable bonds is 3. The number of nitrogens with zero attached hydrogens (tertiary/aromatic N) is 2. The maximum absolute atomic E-state index is 11.8. The minimum absolute atomic E-state index is 0.0411. The highest BCUT2D eigenvalue weighted by Gasteiger charge is 2.31. The number of morpholine rings is 1. The summed E-state index contributed by atoms with van der Waals surface area (Å²) in [5, 5.41) is 0. The Kier molecular flexibility index (Phi) is 5.98. The second-order valence-electron chi connectivity index (χ2n) is 5.14. The molecule has 1 aromatic rings. The van der Waals surface area contributed by atoms with Crippen molar-refractivity contribution in [2.75, 3.05) is 36.1 Å². The van der Waals surface area contributed by atoms with Crippen molar-refractivity contribution < 1.29 is 19.1 Å². The van der Waals surface area contributed by atoms with Crippen LogP contribution < -0.4 is 9.80 Å². The summed E-state index contributed by atoms with van der Waals surface area (Å²) in [4.78, 5) is 26.9. The van der Waals surface area contributed by atoms with E-state index in [2.05, 4.69) is 0 Å². The minimum atomic E-state index is -0.308. The number of hydrogen-bond donors (Lipinski definition) is 0. The highest BCUT2D eigenvalue weighted by Crippen LogP contribution is 2.26. The average molecular weight is 320 g/mol. The van der Waals surface area contributed by atoms with E-state index in [4.69, 9.17) is 9.47 Å². The topological polar surface area (TPSA) is 59.1 Å². The lowest BCUT2D eigenvalue weighted by atomic mass is 10.2. The normalized spacial score (nSPS) is 20.9. The molecule has 2 fully saturated rings. The van der Waals surface area contributed by atoms with Gasteiger partial charge in [-0.3, -0.25) is 9.69 Å². The largest absolute Gasteiger partial charge is 0.444 e. The maximum atomic E-state index is 11.8. The van der Waals surface area contributed by atoms with E-state index in [0.29, 0.717) is 19.7 Å². The van der Waals surface area contributed by atoms with Crippen molar-refractivity contribution in [3.8, 4) is 0 Å². The Balaban J connectivity index is 0.000000924. The Bertz CT molecular complexity index is 544. The van der Waals surface area contributed by atoms with Gasteiger partial charge < -0.3 is 14.4 Å². The van der Waals surface area contributed by atoms with E-state index < -0.39 is 0 Å². The van der Waals surface area contributed by atoms with E-state index in [1.807, 2.05) is 45.0 Å². The van der Waals surface area contributed by atoms with Crippen molar-refractivity contribution in [3.63, 3.8) is 0 Å². The number of cyclic esters (lactones) is 1. The second-order valence-corrected chi connectivity index (χ2v) is 5.14. The van der Waals surface area contributed by atoms with Gasteiger partial charge in [-0.05, 0) is 30.7 Å². The predicted octanol–water partition coefficient (Wildman–Crippen LogP) is 2.81. The monoisotopic (exact) mass is 320 g/mol. The van der Waals surface area contributed by atoms with Crippen LogP contribution in [0.2, 0.25) is 0 Å². The summed E-state index contributed by atoms with van der Waals surface area (Å²) in [7, 11) is 0. The second kappa shape index (κ2) is 7.97. The number of hydrogen-bond acceptors (Lipinski definition) is 4. The summed E-state index contributed by atoms with van der Waals surface area (Å²) in [6.45, 7) is 7.80. The third-order valence-electron chi connectivity index (χ3n) is 3.79. The number of carbonyl (C=O) groups is 2. The molecule has 3 rings (SSSR count). The van der Waals surface area contributed by atoms with E-state index in [0.717, 1.165) is 17.8 Å². The molecule has 1 unspecified atom stereocenters. The third-order valence-corrected chi connectivity index (χ3v) is 3.79. The molecule has 0 N–H and O–H groups in total. The van der Waals surface area contributed by atoms with Crippen molar-refractivity contribution in [3.05, 3.63) is 24.3 Å². The molecule has 126 valence electrons. The molecule has 2 amide bonds. The average Bonchev–Trinajstić information content (AvgIpc) is 2.98. The zero-order valence-electron chi connectivity index (χ0n) is 13.9. The van der Waals surface area contributed by atoms with Crippen LogP contribution in [0.5, 0.6) is 0 Å². The van der Waals surface area contributed by atoms with Gasteiger partial charge in [0.05, 0.1) is 13.2 Å². The van der Waals surface area contributed by atoms with E-state index in [-0.39, 0.29) is 24.7 Å². The van der Waals surface area contributed by atoms with Crippen molar-refractivity contribution >= 4 is 23.4 Å². The molecular formula is C17H24N2O4. The van der Waals surface area contributed by atoms with Crippen molar-refractivity contribution in [2.24, 2.45) is 0 Å². The van der Waals surface area contributed by atoms with Gasteiger partial charge in [0, 0.05) is 17.9 Å². The molecule has 23 heavy (non-hydrogen) atoms. The zero-order chi connectivity index (χ0) is 16.8. The molecular weight excluding hydrogens is 296 g/mol. The smallest absolute Gasteiger partial charge is 0.414 e. The van der Waals surface area contributed by atoms with Gasteiger partial charge in [-0.25, -0.2) is 4.79 Å². The summed E-state index contributed by atoms with van der Waals surface area (Å²) in [5.41, 5.74) is 1.62. The van der Waals surface area contributed by atoms with Gasteiger partial charge in [-0.1, -0.05) is 20.8 Å². The molecule has 2 heterocycles. The van der Waals surface area contributed by atoms with E-state index in [1.165, 1.54) is 0 Å². The Morgan fingerprint density at radius 2 is 1.70 bits per heavy atom. The van der Waals surface area contributed by atoms with Crippen molar-refractivity contribution in [2.45, 2.75) is 33.3 Å². The molecule has 2 aliphatic rings. The molecule has 1 atom stereocenters. The molecule has 2 saturated heterocycles. The fraction of sp³-hybridized carbons (Fsp3) is 0.529. The van der Waals surface area contributed by atoms with Gasteiger partial charge >= 0.3 is 6.09 Å². The van der Waals surface area contributed by atoms with Crippen molar-refractivity contribution in [1.29, 1.82) is 0 Å². The Labute approximate surface area is 137 Å². The molecule has 0 aliphatic carbocycles. The first-order valence-electron chi connectivity index (χ1n) is 8.15. The van der Waals surface area contributed by atoms with Crippen LogP contribution >= 0.6 is 0 Å². The third kappa shape index (κ3) is 3.82. The predicted molar refractivity (Wildman–Crippen MR) is 88.9 cm³/mol. The van der Waals surface area contributed by atoms with Crippen LogP contribution in [0.1, 0.15) is 27.2 Å². The highest BCUT2D eigenvalue weighted by molar-refractivity contribution is 5.95. The number of ether oxygens (including phenoxy) is 2.